The Morgan fingerprint density at radius 2 is 0.656 bits per heavy atom. The van der Waals surface area contributed by atoms with E-state index in [9.17, 15) is 0 Å². The molecule has 0 N–H and O–H groups in total. The van der Waals surface area contributed by atoms with Crippen molar-refractivity contribution in [3.63, 3.8) is 0 Å². The first kappa shape index (κ1) is 35.9. The number of benzene rings is 9. The summed E-state index contributed by atoms with van der Waals surface area (Å²) in [7, 11) is 0. The van der Waals surface area contributed by atoms with Crippen LogP contribution < -0.4 is 0 Å². The van der Waals surface area contributed by atoms with Gasteiger partial charge in [0, 0.05) is 33.2 Å². The van der Waals surface area contributed by atoms with E-state index in [0.717, 1.165) is 77.9 Å². The Morgan fingerprint density at radius 3 is 1.20 bits per heavy atom. The zero-order valence-electron chi connectivity index (χ0n) is 33.2. The normalized spacial score (nSPS) is 11.3. The summed E-state index contributed by atoms with van der Waals surface area (Å²) in [4.78, 5) is 15.6. The van der Waals surface area contributed by atoms with E-state index in [1.807, 2.05) is 24.3 Å². The maximum atomic E-state index is 5.28. The molecule has 11 rings (SSSR count). The van der Waals surface area contributed by atoms with Gasteiger partial charge in [-0.25, -0.2) is 15.0 Å². The molecule has 11 aromatic rings. The zero-order valence-corrected chi connectivity index (χ0v) is 33.2. The topological polar surface area (TPSA) is 43.6 Å². The van der Waals surface area contributed by atoms with Crippen molar-refractivity contribution in [2.24, 2.45) is 0 Å². The lowest BCUT2D eigenvalue weighted by Gasteiger charge is -2.15. The van der Waals surface area contributed by atoms with Gasteiger partial charge in [-0.15, -0.1) is 0 Å². The van der Waals surface area contributed by atoms with Crippen LogP contribution in [-0.2, 0) is 0 Å². The largest absolute Gasteiger partial charge is 0.309 e. The van der Waals surface area contributed by atoms with E-state index in [2.05, 4.69) is 211 Å². The predicted molar refractivity (Wildman–Crippen MR) is 252 cm³/mol. The van der Waals surface area contributed by atoms with Crippen LogP contribution in [0.25, 0.3) is 106 Å². The second kappa shape index (κ2) is 15.5. The molecule has 61 heavy (non-hydrogen) atoms. The quantitative estimate of drug-likeness (QED) is 0.154. The van der Waals surface area contributed by atoms with E-state index < -0.39 is 0 Å². The van der Waals surface area contributed by atoms with Crippen LogP contribution in [0.2, 0.25) is 0 Å². The maximum Gasteiger partial charge on any atom is 0.164 e. The van der Waals surface area contributed by atoms with Crippen molar-refractivity contribution in [2.45, 2.75) is 0 Å². The van der Waals surface area contributed by atoms with Gasteiger partial charge in [0.25, 0.3) is 0 Å². The van der Waals surface area contributed by atoms with Crippen molar-refractivity contribution in [3.05, 3.63) is 231 Å². The van der Waals surface area contributed by atoms with Crippen LogP contribution in [0.1, 0.15) is 0 Å². The fourth-order valence-corrected chi connectivity index (χ4v) is 8.48. The van der Waals surface area contributed by atoms with Crippen molar-refractivity contribution in [2.75, 3.05) is 0 Å². The molecule has 2 heterocycles. The highest BCUT2D eigenvalue weighted by Crippen LogP contribution is 2.43. The Balaban J connectivity index is 1.18. The summed E-state index contributed by atoms with van der Waals surface area (Å²) in [6.07, 6.45) is 0. The molecule has 0 aliphatic carbocycles. The van der Waals surface area contributed by atoms with Gasteiger partial charge in [0.1, 0.15) is 0 Å². The molecule has 0 bridgehead atoms. The predicted octanol–water partition coefficient (Wildman–Crippen LogP) is 14.6. The minimum atomic E-state index is 0.606. The highest BCUT2D eigenvalue weighted by molar-refractivity contribution is 6.17. The second-order valence-electron chi connectivity index (χ2n) is 15.3. The van der Waals surface area contributed by atoms with Gasteiger partial charge < -0.3 is 4.57 Å². The first-order valence-electron chi connectivity index (χ1n) is 20.6. The molecular formula is C57H38N4. The number of fused-ring (bicyclic) bond motifs is 3. The third-order valence-corrected chi connectivity index (χ3v) is 11.4. The molecule has 0 fully saturated rings. The smallest absolute Gasteiger partial charge is 0.164 e. The fraction of sp³-hybridized carbons (Fsp3) is 0. The molecule has 0 aliphatic heterocycles. The minimum Gasteiger partial charge on any atom is -0.309 e. The molecule has 9 aromatic carbocycles. The van der Waals surface area contributed by atoms with Gasteiger partial charge in [-0.2, -0.15) is 0 Å². The molecule has 0 atom stereocenters. The van der Waals surface area contributed by atoms with Crippen LogP contribution in [0.3, 0.4) is 0 Å². The Hall–Kier alpha value is -8.21. The Morgan fingerprint density at radius 1 is 0.262 bits per heavy atom. The number of hydrogen-bond donors (Lipinski definition) is 0. The lowest BCUT2D eigenvalue weighted by atomic mass is 9.96. The molecule has 0 spiro atoms. The molecular weight excluding hydrogens is 741 g/mol. The monoisotopic (exact) mass is 778 g/mol. The van der Waals surface area contributed by atoms with Crippen molar-refractivity contribution < 1.29 is 0 Å². The Labute approximate surface area is 354 Å². The lowest BCUT2D eigenvalue weighted by Crippen LogP contribution is -2.01. The van der Waals surface area contributed by atoms with E-state index in [-0.39, 0.29) is 0 Å². The Kier molecular flexibility index (Phi) is 9.14. The third-order valence-electron chi connectivity index (χ3n) is 11.4. The van der Waals surface area contributed by atoms with Gasteiger partial charge in [0.15, 0.2) is 17.5 Å². The third kappa shape index (κ3) is 6.86. The fourth-order valence-electron chi connectivity index (χ4n) is 8.48. The Bertz CT molecular complexity index is 3250. The SMILES string of the molecule is c1ccc(-c2ccc(-c3nc(-c4ccccc4)nc(-c4cc(-c5ccccc5)c5c6ccccc6n(-c6cc(-c7ccccc7)cc(-c7ccccc7)c6)c5c4)n3)cc2)cc1. The van der Waals surface area contributed by atoms with E-state index in [4.69, 9.17) is 15.0 Å². The summed E-state index contributed by atoms with van der Waals surface area (Å²) in [6.45, 7) is 0. The van der Waals surface area contributed by atoms with Gasteiger partial charge in [-0.05, 0) is 80.9 Å². The van der Waals surface area contributed by atoms with Crippen LogP contribution in [0, 0.1) is 0 Å². The van der Waals surface area contributed by atoms with Crippen molar-refractivity contribution in [1.82, 2.24) is 19.5 Å². The first-order valence-corrected chi connectivity index (χ1v) is 20.6. The zero-order chi connectivity index (χ0) is 40.5. The molecule has 286 valence electrons. The van der Waals surface area contributed by atoms with Crippen LogP contribution in [-0.4, -0.2) is 19.5 Å². The van der Waals surface area contributed by atoms with E-state index >= 15 is 0 Å². The van der Waals surface area contributed by atoms with Crippen LogP contribution >= 0.6 is 0 Å². The van der Waals surface area contributed by atoms with Gasteiger partial charge in [-0.1, -0.05) is 194 Å². The number of aromatic nitrogens is 4. The number of para-hydroxylation sites is 1. The highest BCUT2D eigenvalue weighted by atomic mass is 15.0. The number of rotatable bonds is 8. The summed E-state index contributed by atoms with van der Waals surface area (Å²) in [5.74, 6) is 1.85. The van der Waals surface area contributed by atoms with Crippen LogP contribution in [0.4, 0.5) is 0 Å². The molecule has 2 aromatic heterocycles. The number of hydrogen-bond acceptors (Lipinski definition) is 3. The standard InChI is InChI=1S/C57H38N4/c1-6-18-39(19-7-1)42-30-32-45(33-31-42)56-58-55(44-26-14-5-15-27-44)59-57(60-56)48-37-51(43-24-12-4-13-25-43)54-50-28-16-17-29-52(50)61(53(54)38-48)49-35-46(40-20-8-2-9-21-40)34-47(36-49)41-22-10-3-11-23-41/h1-38H. The van der Waals surface area contributed by atoms with Gasteiger partial charge in [0.2, 0.25) is 0 Å². The molecule has 0 saturated carbocycles. The summed E-state index contributed by atoms with van der Waals surface area (Å²) in [5, 5.41) is 2.35. The minimum absolute atomic E-state index is 0.606. The maximum absolute atomic E-state index is 5.28. The molecule has 0 amide bonds. The molecule has 0 saturated heterocycles. The van der Waals surface area contributed by atoms with Crippen LogP contribution in [0.5, 0.6) is 0 Å². The molecule has 0 radical (unpaired) electrons. The van der Waals surface area contributed by atoms with Crippen molar-refractivity contribution >= 4 is 21.8 Å². The summed E-state index contributed by atoms with van der Waals surface area (Å²) in [6, 6.07) is 81.3. The van der Waals surface area contributed by atoms with Gasteiger partial charge >= 0.3 is 0 Å². The van der Waals surface area contributed by atoms with Gasteiger partial charge in [0.05, 0.1) is 11.0 Å². The van der Waals surface area contributed by atoms with Crippen LogP contribution in [0.15, 0.2) is 231 Å². The second-order valence-corrected chi connectivity index (χ2v) is 15.3. The number of nitrogens with zero attached hydrogens (tertiary/aromatic N) is 4. The molecule has 4 heteroatoms. The summed E-state index contributed by atoms with van der Waals surface area (Å²) >= 11 is 0. The van der Waals surface area contributed by atoms with E-state index in [0.29, 0.717) is 17.5 Å². The summed E-state index contributed by atoms with van der Waals surface area (Å²) < 4.78 is 2.42. The van der Waals surface area contributed by atoms with E-state index in [1.165, 1.54) is 10.8 Å². The highest BCUT2D eigenvalue weighted by Gasteiger charge is 2.21. The average Bonchev–Trinajstić information content (AvgIpc) is 3.69. The summed E-state index contributed by atoms with van der Waals surface area (Å²) in [5.41, 5.74) is 15.2. The van der Waals surface area contributed by atoms with Crippen molar-refractivity contribution in [1.29, 1.82) is 0 Å². The van der Waals surface area contributed by atoms with E-state index in [1.54, 1.807) is 0 Å². The average molecular weight is 779 g/mol. The first-order chi connectivity index (χ1) is 30.2. The lowest BCUT2D eigenvalue weighted by molar-refractivity contribution is 1.07. The van der Waals surface area contributed by atoms with Gasteiger partial charge in [-0.3, -0.25) is 0 Å². The molecule has 0 unspecified atom stereocenters. The molecule has 0 aliphatic rings. The van der Waals surface area contributed by atoms with Crippen molar-refractivity contribution in [3.8, 4) is 84.4 Å². The molecule has 4 nitrogen and oxygen atoms in total.